The zero-order chi connectivity index (χ0) is 16.2. The average molecular weight is 344 g/mol. The average Bonchev–Trinajstić information content (AvgIpc) is 2.26. The predicted molar refractivity (Wildman–Crippen MR) is 94.8 cm³/mol. The highest BCUT2D eigenvalue weighted by molar-refractivity contribution is 6.79. The van der Waals surface area contributed by atoms with Crippen LogP contribution in [0.1, 0.15) is 0 Å². The Morgan fingerprint density at radius 3 is 1.05 bits per heavy atom. The summed E-state index contributed by atoms with van der Waals surface area (Å²) in [5, 5.41) is 0. The van der Waals surface area contributed by atoms with Gasteiger partial charge in [-0.25, -0.2) is 0 Å². The van der Waals surface area contributed by atoms with Crippen LogP contribution in [0, 0.1) is 0 Å². The minimum absolute atomic E-state index is 1.27. The molecule has 0 fully saturated rings. The lowest BCUT2D eigenvalue weighted by Crippen LogP contribution is -2.57. The molecule has 7 heteroatoms. The molecule has 0 atom stereocenters. The van der Waals surface area contributed by atoms with Crippen molar-refractivity contribution in [1.29, 1.82) is 0 Å². The molecule has 0 bridgehead atoms. The van der Waals surface area contributed by atoms with Gasteiger partial charge in [-0.1, -0.05) is 17.1 Å². The van der Waals surface area contributed by atoms with E-state index in [0.29, 0.717) is 0 Å². The molecule has 0 aliphatic heterocycles. The van der Waals surface area contributed by atoms with Crippen LogP contribution in [0.3, 0.4) is 0 Å². The maximum Gasteiger partial charge on any atom is 0.221 e. The fourth-order valence-electron chi connectivity index (χ4n) is 1.23. The van der Waals surface area contributed by atoms with Crippen molar-refractivity contribution in [2.45, 2.75) is 44.9 Å². The van der Waals surface area contributed by atoms with Crippen LogP contribution in [0.2, 0.25) is 39.3 Å². The van der Waals surface area contributed by atoms with Crippen molar-refractivity contribution in [3.8, 4) is 0 Å². The first kappa shape index (κ1) is 20.0. The molecule has 0 N–H and O–H groups in total. The van der Waals surface area contributed by atoms with Gasteiger partial charge in [0.2, 0.25) is 30.5 Å². The molecule has 113 valence electrons. The van der Waals surface area contributed by atoms with Crippen LogP contribution in [0.5, 0.6) is 0 Å². The second kappa shape index (κ2) is 6.82. The van der Waals surface area contributed by atoms with Crippen molar-refractivity contribution in [2.75, 3.05) is 0 Å². The molecule has 0 aromatic rings. The molecular formula is C13H27O3Si4. The van der Waals surface area contributed by atoms with Crippen LogP contribution in [-0.4, -0.2) is 40.8 Å². The van der Waals surface area contributed by atoms with E-state index >= 15 is 0 Å². The quantitative estimate of drug-likeness (QED) is 0.473. The van der Waals surface area contributed by atoms with E-state index in [1.807, 2.05) is 56.4 Å². The summed E-state index contributed by atoms with van der Waals surface area (Å²) in [4.78, 5) is 0. The molecule has 20 heavy (non-hydrogen) atoms. The van der Waals surface area contributed by atoms with Gasteiger partial charge in [0, 0.05) is 0 Å². The predicted octanol–water partition coefficient (Wildman–Crippen LogP) is 3.61. The molecule has 0 aliphatic rings. The van der Waals surface area contributed by atoms with E-state index < -0.39 is 30.5 Å². The Morgan fingerprint density at radius 1 is 0.700 bits per heavy atom. The molecule has 0 heterocycles. The lowest BCUT2D eigenvalue weighted by atomic mass is 11.3. The Kier molecular flexibility index (Phi) is 6.81. The summed E-state index contributed by atoms with van der Waals surface area (Å²) in [7, 11) is -2.72. The van der Waals surface area contributed by atoms with E-state index in [9.17, 15) is 0 Å². The Morgan fingerprint density at radius 2 is 0.900 bits per heavy atom. The lowest BCUT2D eigenvalue weighted by molar-refractivity contribution is -0.199. The largest absolute Gasteiger partial charge is 0.371 e. The van der Waals surface area contributed by atoms with Gasteiger partial charge in [0.15, 0.2) is 10.2 Å². The second-order valence-corrected chi connectivity index (χ2v) is 18.4. The van der Waals surface area contributed by atoms with Crippen molar-refractivity contribution in [2.24, 2.45) is 0 Å². The first-order valence-corrected chi connectivity index (χ1v) is 16.0. The van der Waals surface area contributed by atoms with Gasteiger partial charge >= 0.3 is 0 Å². The molecule has 0 aromatic carbocycles. The first-order valence-electron chi connectivity index (χ1n) is 6.57. The smallest absolute Gasteiger partial charge is 0.221 e. The van der Waals surface area contributed by atoms with Gasteiger partial charge in [0.1, 0.15) is 0 Å². The standard InChI is InChI=1S/C13H27O3Si4/c1-10-18(4,5)14-13(17,15-19(6,7)11-2)16-20(8,9)12-3/h10-12H,1-3H2,4-9H3. The minimum atomic E-state index is -2.10. The third-order valence-electron chi connectivity index (χ3n) is 2.67. The minimum Gasteiger partial charge on any atom is -0.371 e. The molecule has 0 aliphatic carbocycles. The highest BCUT2D eigenvalue weighted by Gasteiger charge is 2.42. The number of hydrogen-bond donors (Lipinski definition) is 0. The third kappa shape index (κ3) is 7.11. The summed E-state index contributed by atoms with van der Waals surface area (Å²) in [6.07, 6.45) is 0. The van der Waals surface area contributed by atoms with Crippen molar-refractivity contribution in [1.82, 2.24) is 0 Å². The van der Waals surface area contributed by atoms with Gasteiger partial charge in [0.05, 0.1) is 0 Å². The van der Waals surface area contributed by atoms with Crippen LogP contribution in [0.4, 0.5) is 0 Å². The molecule has 0 aromatic heterocycles. The van der Waals surface area contributed by atoms with Gasteiger partial charge in [0.25, 0.3) is 0 Å². The van der Waals surface area contributed by atoms with Crippen molar-refractivity contribution < 1.29 is 13.3 Å². The van der Waals surface area contributed by atoms with Crippen molar-refractivity contribution >= 4 is 35.2 Å². The monoisotopic (exact) mass is 343 g/mol. The van der Waals surface area contributed by atoms with Crippen LogP contribution in [-0.2, 0) is 13.3 Å². The van der Waals surface area contributed by atoms with Gasteiger partial charge < -0.3 is 13.3 Å². The van der Waals surface area contributed by atoms with E-state index in [-0.39, 0.29) is 0 Å². The Balaban J connectivity index is 5.38. The zero-order valence-corrected chi connectivity index (χ0v) is 17.6. The summed E-state index contributed by atoms with van der Waals surface area (Å²) in [5.41, 5.74) is 4.27. The fraction of sp³-hybridized carbons (Fsp3) is 0.538. The second-order valence-electron chi connectivity index (χ2n) is 6.29. The molecule has 0 amide bonds. The maximum absolute atomic E-state index is 6.11. The molecule has 0 rings (SSSR count). The fourth-order valence-corrected chi connectivity index (χ4v) is 6.42. The van der Waals surface area contributed by atoms with Gasteiger partial charge in [-0.15, -0.1) is 19.7 Å². The highest BCUT2D eigenvalue weighted by Crippen LogP contribution is 2.27. The summed E-state index contributed by atoms with van der Waals surface area (Å²) in [5.74, 6) is 0. The molecule has 0 saturated carbocycles. The Hall–Kier alpha value is -0.0325. The lowest BCUT2D eigenvalue weighted by Gasteiger charge is -2.43. The first-order chi connectivity index (χ1) is 8.80. The Labute approximate surface area is 130 Å². The third-order valence-corrected chi connectivity index (χ3v) is 8.92. The van der Waals surface area contributed by atoms with Crippen molar-refractivity contribution in [3.05, 3.63) is 36.8 Å². The van der Waals surface area contributed by atoms with E-state index in [1.54, 1.807) is 0 Å². The molecular weight excluding hydrogens is 316 g/mol. The van der Waals surface area contributed by atoms with E-state index in [0.717, 1.165) is 0 Å². The van der Waals surface area contributed by atoms with Crippen LogP contribution in [0.15, 0.2) is 36.8 Å². The molecule has 3 radical (unpaired) electrons. The van der Waals surface area contributed by atoms with Crippen LogP contribution < -0.4 is 0 Å². The van der Waals surface area contributed by atoms with Gasteiger partial charge in [-0.3, -0.25) is 0 Å². The summed E-state index contributed by atoms with van der Waals surface area (Å²) >= 11 is 0. The van der Waals surface area contributed by atoms with E-state index in [1.165, 1.54) is 0 Å². The molecule has 0 unspecified atom stereocenters. The molecule has 0 saturated heterocycles. The Bertz CT molecular complexity index is 323. The van der Waals surface area contributed by atoms with Gasteiger partial charge in [-0.05, 0) is 39.3 Å². The molecule has 0 spiro atoms. The topological polar surface area (TPSA) is 27.7 Å². The summed E-state index contributed by atoms with van der Waals surface area (Å²) < 4.78 is 18.3. The maximum atomic E-state index is 6.11. The molecule has 3 nitrogen and oxygen atoms in total. The van der Waals surface area contributed by atoms with E-state index in [4.69, 9.17) is 13.3 Å². The van der Waals surface area contributed by atoms with Crippen LogP contribution in [0.25, 0.3) is 0 Å². The highest BCUT2D eigenvalue weighted by atomic mass is 28.4. The summed E-state index contributed by atoms with van der Waals surface area (Å²) in [6.45, 7) is 23.7. The number of rotatable bonds is 9. The number of hydrogen-bond acceptors (Lipinski definition) is 3. The van der Waals surface area contributed by atoms with Crippen LogP contribution >= 0.6 is 0 Å². The normalized spacial score (nSPS) is 13.9. The van der Waals surface area contributed by atoms with E-state index in [2.05, 4.69) is 30.0 Å². The summed E-state index contributed by atoms with van der Waals surface area (Å²) in [6, 6.07) is 0. The van der Waals surface area contributed by atoms with Gasteiger partial charge in [-0.2, -0.15) is 0 Å². The van der Waals surface area contributed by atoms with Crippen molar-refractivity contribution in [3.63, 3.8) is 0 Å². The zero-order valence-electron chi connectivity index (χ0n) is 13.6. The SMILES string of the molecule is C=C[Si](C)(C)OC([Si])(O[Si](C)(C)C=C)O[Si](C)(C)C=C.